The first kappa shape index (κ1) is 19.4. The van der Waals surface area contributed by atoms with Crippen LogP contribution in [-0.2, 0) is 11.2 Å². The standard InChI is InChI=1S/C19H21NO3S2/c1-13(19(22)23)25-17-6-4-3-5-16(17)18(21)20-12-11-14-7-9-15(24-2)10-8-14/h3-10,13H,11-12H2,1-2H3,(H,20,21)(H,22,23). The minimum absolute atomic E-state index is 0.179. The van der Waals surface area contributed by atoms with Gasteiger partial charge in [-0.15, -0.1) is 23.5 Å². The lowest BCUT2D eigenvalue weighted by Gasteiger charge is -2.12. The lowest BCUT2D eigenvalue weighted by atomic mass is 10.1. The van der Waals surface area contributed by atoms with Crippen LogP contribution >= 0.6 is 23.5 Å². The molecular formula is C19H21NO3S2. The Balaban J connectivity index is 1.95. The quantitative estimate of drug-likeness (QED) is 0.684. The third kappa shape index (κ3) is 5.83. The van der Waals surface area contributed by atoms with Crippen molar-refractivity contribution in [1.29, 1.82) is 0 Å². The molecule has 132 valence electrons. The smallest absolute Gasteiger partial charge is 0.316 e. The highest BCUT2D eigenvalue weighted by Crippen LogP contribution is 2.27. The summed E-state index contributed by atoms with van der Waals surface area (Å²) in [5.41, 5.74) is 1.68. The number of aliphatic carboxylic acids is 1. The lowest BCUT2D eigenvalue weighted by molar-refractivity contribution is -0.136. The fourth-order valence-electron chi connectivity index (χ4n) is 2.21. The number of thioether (sulfide) groups is 2. The maximum Gasteiger partial charge on any atom is 0.316 e. The van der Waals surface area contributed by atoms with E-state index in [1.807, 2.05) is 6.26 Å². The minimum atomic E-state index is -0.895. The van der Waals surface area contributed by atoms with Crippen LogP contribution in [0, 0.1) is 0 Å². The van der Waals surface area contributed by atoms with E-state index in [0.717, 1.165) is 6.42 Å². The van der Waals surface area contributed by atoms with Crippen LogP contribution in [0.3, 0.4) is 0 Å². The van der Waals surface area contributed by atoms with Crippen LogP contribution in [0.2, 0.25) is 0 Å². The Hall–Kier alpha value is -1.92. The zero-order valence-corrected chi connectivity index (χ0v) is 15.8. The summed E-state index contributed by atoms with van der Waals surface area (Å²) < 4.78 is 0. The maximum atomic E-state index is 12.4. The molecule has 4 nitrogen and oxygen atoms in total. The summed E-state index contributed by atoms with van der Waals surface area (Å²) in [6.07, 6.45) is 2.79. The van der Waals surface area contributed by atoms with Crippen molar-refractivity contribution < 1.29 is 14.7 Å². The molecule has 2 aromatic carbocycles. The zero-order chi connectivity index (χ0) is 18.2. The second-order valence-corrected chi connectivity index (χ2v) is 7.71. The van der Waals surface area contributed by atoms with Crippen LogP contribution in [0.15, 0.2) is 58.3 Å². The molecule has 0 saturated heterocycles. The molecule has 0 aliphatic rings. The lowest BCUT2D eigenvalue weighted by Crippen LogP contribution is -2.26. The number of hydrogen-bond donors (Lipinski definition) is 2. The Bertz CT molecular complexity index is 732. The summed E-state index contributed by atoms with van der Waals surface area (Å²) in [5.74, 6) is -1.07. The molecule has 2 N–H and O–H groups in total. The summed E-state index contributed by atoms with van der Waals surface area (Å²) in [7, 11) is 0. The van der Waals surface area contributed by atoms with Gasteiger partial charge in [0.1, 0.15) is 5.25 Å². The van der Waals surface area contributed by atoms with E-state index in [2.05, 4.69) is 29.6 Å². The summed E-state index contributed by atoms with van der Waals surface area (Å²) in [6, 6.07) is 15.4. The number of carbonyl (C=O) groups excluding carboxylic acids is 1. The molecule has 0 aromatic heterocycles. The number of carboxylic acids is 1. The molecule has 6 heteroatoms. The van der Waals surface area contributed by atoms with E-state index in [-0.39, 0.29) is 5.91 Å². The molecule has 25 heavy (non-hydrogen) atoms. The van der Waals surface area contributed by atoms with Crippen LogP contribution in [0.5, 0.6) is 0 Å². The minimum Gasteiger partial charge on any atom is -0.480 e. The van der Waals surface area contributed by atoms with Crippen LogP contribution in [-0.4, -0.2) is 35.0 Å². The Morgan fingerprint density at radius 1 is 1.12 bits per heavy atom. The van der Waals surface area contributed by atoms with Gasteiger partial charge in [-0.05, 0) is 49.4 Å². The molecule has 0 saturated carbocycles. The molecule has 0 heterocycles. The highest BCUT2D eigenvalue weighted by molar-refractivity contribution is 8.00. The first-order valence-electron chi connectivity index (χ1n) is 7.91. The number of rotatable bonds is 8. The highest BCUT2D eigenvalue weighted by Gasteiger charge is 2.17. The number of carbonyl (C=O) groups is 2. The predicted molar refractivity (Wildman–Crippen MR) is 104 cm³/mol. The van der Waals surface area contributed by atoms with Crippen molar-refractivity contribution >= 4 is 35.4 Å². The number of benzene rings is 2. The summed E-state index contributed by atoms with van der Waals surface area (Å²) in [6.45, 7) is 2.14. The normalized spacial score (nSPS) is 11.8. The molecule has 0 bridgehead atoms. The van der Waals surface area contributed by atoms with Gasteiger partial charge < -0.3 is 10.4 Å². The molecule has 0 fully saturated rings. The number of amides is 1. The van der Waals surface area contributed by atoms with Crippen molar-refractivity contribution in [1.82, 2.24) is 5.32 Å². The van der Waals surface area contributed by atoms with E-state index in [4.69, 9.17) is 5.11 Å². The molecule has 0 spiro atoms. The molecule has 1 unspecified atom stereocenters. The van der Waals surface area contributed by atoms with E-state index in [1.54, 1.807) is 43.0 Å². The van der Waals surface area contributed by atoms with Gasteiger partial charge in [0.25, 0.3) is 5.91 Å². The second-order valence-electron chi connectivity index (χ2n) is 5.45. The Labute approximate surface area is 156 Å². The fourth-order valence-corrected chi connectivity index (χ4v) is 3.54. The van der Waals surface area contributed by atoms with E-state index >= 15 is 0 Å². The van der Waals surface area contributed by atoms with Crippen molar-refractivity contribution in [2.45, 2.75) is 28.4 Å². The molecule has 0 aliphatic carbocycles. The van der Waals surface area contributed by atoms with Crippen LogP contribution < -0.4 is 5.32 Å². The molecule has 1 amide bonds. The summed E-state index contributed by atoms with van der Waals surface area (Å²) >= 11 is 2.88. The van der Waals surface area contributed by atoms with E-state index in [1.165, 1.54) is 22.2 Å². The van der Waals surface area contributed by atoms with Gasteiger partial charge in [-0.2, -0.15) is 0 Å². The number of carboxylic acid groups (broad SMARTS) is 1. The van der Waals surface area contributed by atoms with E-state index < -0.39 is 11.2 Å². The number of nitrogens with one attached hydrogen (secondary N) is 1. The third-order valence-corrected chi connectivity index (χ3v) is 5.55. The molecule has 2 rings (SSSR count). The largest absolute Gasteiger partial charge is 0.480 e. The molecule has 0 aliphatic heterocycles. The molecule has 1 atom stereocenters. The van der Waals surface area contributed by atoms with Gasteiger partial charge >= 0.3 is 5.97 Å². The Morgan fingerprint density at radius 2 is 1.80 bits per heavy atom. The Morgan fingerprint density at radius 3 is 2.44 bits per heavy atom. The molecular weight excluding hydrogens is 354 g/mol. The van der Waals surface area contributed by atoms with E-state index in [0.29, 0.717) is 17.0 Å². The van der Waals surface area contributed by atoms with Gasteiger partial charge in [-0.25, -0.2) is 0 Å². The van der Waals surface area contributed by atoms with Gasteiger partial charge in [-0.3, -0.25) is 9.59 Å². The van der Waals surface area contributed by atoms with Gasteiger partial charge in [0.2, 0.25) is 0 Å². The summed E-state index contributed by atoms with van der Waals surface area (Å²) in [5, 5.41) is 11.4. The average Bonchev–Trinajstić information content (AvgIpc) is 2.62. The van der Waals surface area contributed by atoms with Crippen molar-refractivity contribution in [3.8, 4) is 0 Å². The fraction of sp³-hybridized carbons (Fsp3) is 0.263. The Kier molecular flexibility index (Phi) is 7.40. The molecule has 2 aromatic rings. The highest BCUT2D eigenvalue weighted by atomic mass is 32.2. The average molecular weight is 376 g/mol. The van der Waals surface area contributed by atoms with Crippen molar-refractivity contribution in [2.24, 2.45) is 0 Å². The van der Waals surface area contributed by atoms with E-state index in [9.17, 15) is 9.59 Å². The SMILES string of the molecule is CSc1ccc(CCNC(=O)c2ccccc2SC(C)C(=O)O)cc1. The maximum absolute atomic E-state index is 12.4. The van der Waals surface area contributed by atoms with Crippen molar-refractivity contribution in [3.05, 3.63) is 59.7 Å². The van der Waals surface area contributed by atoms with Gasteiger partial charge in [0.15, 0.2) is 0 Å². The van der Waals surface area contributed by atoms with Crippen LogP contribution in [0.4, 0.5) is 0 Å². The first-order valence-corrected chi connectivity index (χ1v) is 10.0. The van der Waals surface area contributed by atoms with Crippen LogP contribution in [0.1, 0.15) is 22.8 Å². The monoisotopic (exact) mass is 375 g/mol. The second kappa shape index (κ2) is 9.53. The predicted octanol–water partition coefficient (Wildman–Crippen LogP) is 3.95. The topological polar surface area (TPSA) is 66.4 Å². The first-order chi connectivity index (χ1) is 12.0. The van der Waals surface area contributed by atoms with Gasteiger partial charge in [0.05, 0.1) is 5.56 Å². The van der Waals surface area contributed by atoms with Gasteiger partial charge in [-0.1, -0.05) is 24.3 Å². The van der Waals surface area contributed by atoms with Crippen molar-refractivity contribution in [3.63, 3.8) is 0 Å². The number of hydrogen-bond acceptors (Lipinski definition) is 4. The van der Waals surface area contributed by atoms with Crippen LogP contribution in [0.25, 0.3) is 0 Å². The third-order valence-electron chi connectivity index (χ3n) is 3.64. The van der Waals surface area contributed by atoms with Crippen molar-refractivity contribution in [2.75, 3.05) is 12.8 Å². The molecule has 0 radical (unpaired) electrons. The zero-order valence-electron chi connectivity index (χ0n) is 14.2. The summed E-state index contributed by atoms with van der Waals surface area (Å²) in [4.78, 5) is 25.4. The van der Waals surface area contributed by atoms with Gasteiger partial charge in [0, 0.05) is 16.3 Å².